The van der Waals surface area contributed by atoms with Crippen molar-refractivity contribution in [1.29, 1.82) is 0 Å². The third-order valence-electron chi connectivity index (χ3n) is 2.26. The summed E-state index contributed by atoms with van der Waals surface area (Å²) in [7, 11) is 0. The van der Waals surface area contributed by atoms with Crippen LogP contribution >= 0.6 is 11.5 Å². The smallest absolute Gasteiger partial charge is 0.205 e. The van der Waals surface area contributed by atoms with E-state index >= 15 is 0 Å². The summed E-state index contributed by atoms with van der Waals surface area (Å²) >= 11 is 1.39. The van der Waals surface area contributed by atoms with E-state index in [9.17, 15) is 5.11 Å². The molecule has 0 bridgehead atoms. The number of aliphatic hydroxyl groups is 1. The monoisotopic (exact) mass is 199 g/mol. The molecule has 0 saturated carbocycles. The van der Waals surface area contributed by atoms with E-state index in [0.717, 1.165) is 18.1 Å². The number of hydrogen-bond donors (Lipinski definition) is 1. The molecule has 4 nitrogen and oxygen atoms in total. The number of β-amino-alcohol motifs (C(OH)–C–C–N with tert-alkyl or cyclic N) is 1. The Morgan fingerprint density at radius 1 is 1.62 bits per heavy atom. The number of hydrogen-bond acceptors (Lipinski definition) is 5. The molecule has 1 saturated heterocycles. The van der Waals surface area contributed by atoms with Crippen LogP contribution in [0.5, 0.6) is 0 Å². The summed E-state index contributed by atoms with van der Waals surface area (Å²) in [5.74, 6) is 0.535. The second-order valence-corrected chi connectivity index (χ2v) is 4.38. The van der Waals surface area contributed by atoms with Crippen molar-refractivity contribution in [2.45, 2.75) is 19.4 Å². The molecule has 0 aromatic carbocycles. The zero-order chi connectivity index (χ0) is 9.26. The van der Waals surface area contributed by atoms with E-state index in [2.05, 4.69) is 21.2 Å². The quantitative estimate of drug-likeness (QED) is 0.725. The maximum atomic E-state index is 9.56. The lowest BCUT2D eigenvalue weighted by atomic mass is 9.98. The molecule has 13 heavy (non-hydrogen) atoms. The summed E-state index contributed by atoms with van der Waals surface area (Å²) < 4.78 is 3.95. The number of aromatic nitrogens is 2. The van der Waals surface area contributed by atoms with Crippen LogP contribution in [-0.2, 0) is 0 Å². The van der Waals surface area contributed by atoms with Crippen molar-refractivity contribution < 1.29 is 5.11 Å². The van der Waals surface area contributed by atoms with Gasteiger partial charge in [-0.15, -0.1) is 0 Å². The summed E-state index contributed by atoms with van der Waals surface area (Å²) in [5.41, 5.74) is 0. The van der Waals surface area contributed by atoms with Crippen LogP contribution in [0.25, 0.3) is 0 Å². The van der Waals surface area contributed by atoms with E-state index in [-0.39, 0.29) is 6.10 Å². The Morgan fingerprint density at radius 2 is 2.46 bits per heavy atom. The van der Waals surface area contributed by atoms with Crippen LogP contribution < -0.4 is 4.90 Å². The SMILES string of the molecule is CC1CC(O)CN(c2ncns2)C1. The van der Waals surface area contributed by atoms with Gasteiger partial charge in [0.25, 0.3) is 0 Å². The van der Waals surface area contributed by atoms with Gasteiger partial charge in [-0.1, -0.05) is 6.92 Å². The van der Waals surface area contributed by atoms with Crippen molar-refractivity contribution in [3.63, 3.8) is 0 Å². The van der Waals surface area contributed by atoms with E-state index in [1.807, 2.05) is 0 Å². The summed E-state index contributed by atoms with van der Waals surface area (Å²) in [5, 5.41) is 10.5. The fourth-order valence-electron chi connectivity index (χ4n) is 1.78. The van der Waals surface area contributed by atoms with Crippen LogP contribution in [-0.4, -0.2) is 33.7 Å². The molecule has 1 N–H and O–H groups in total. The maximum absolute atomic E-state index is 9.56. The minimum atomic E-state index is -0.215. The lowest BCUT2D eigenvalue weighted by Gasteiger charge is -2.33. The largest absolute Gasteiger partial charge is 0.391 e. The molecule has 0 aliphatic carbocycles. The van der Waals surface area contributed by atoms with Gasteiger partial charge in [-0.05, 0) is 12.3 Å². The Morgan fingerprint density at radius 3 is 3.08 bits per heavy atom. The average Bonchev–Trinajstić information content (AvgIpc) is 2.53. The summed E-state index contributed by atoms with van der Waals surface area (Å²) in [6.07, 6.45) is 2.24. The lowest BCUT2D eigenvalue weighted by Crippen LogP contribution is -2.42. The number of nitrogens with zero attached hydrogens (tertiary/aromatic N) is 3. The first-order chi connectivity index (χ1) is 6.25. The molecular formula is C8H13N3OS. The third kappa shape index (κ3) is 1.97. The number of piperidine rings is 1. The minimum absolute atomic E-state index is 0.215. The van der Waals surface area contributed by atoms with Crippen molar-refractivity contribution >= 4 is 16.7 Å². The molecule has 2 heterocycles. The molecule has 1 fully saturated rings. The Kier molecular flexibility index (Phi) is 2.46. The highest BCUT2D eigenvalue weighted by molar-refractivity contribution is 7.09. The van der Waals surface area contributed by atoms with Gasteiger partial charge in [0.1, 0.15) is 6.33 Å². The van der Waals surface area contributed by atoms with Crippen molar-refractivity contribution in [1.82, 2.24) is 9.36 Å². The average molecular weight is 199 g/mol. The van der Waals surface area contributed by atoms with Crippen LogP contribution in [0, 0.1) is 5.92 Å². The molecule has 1 aliphatic rings. The molecule has 1 aliphatic heterocycles. The Hall–Kier alpha value is -0.680. The van der Waals surface area contributed by atoms with Crippen LogP contribution in [0.1, 0.15) is 13.3 Å². The molecular weight excluding hydrogens is 186 g/mol. The first-order valence-corrected chi connectivity index (χ1v) is 5.22. The summed E-state index contributed by atoms with van der Waals surface area (Å²) in [6.45, 7) is 3.82. The fourth-order valence-corrected chi connectivity index (χ4v) is 2.33. The molecule has 2 rings (SSSR count). The molecule has 1 aromatic rings. The van der Waals surface area contributed by atoms with Crippen LogP contribution in [0.2, 0.25) is 0 Å². The Labute approximate surface area is 81.4 Å². The van der Waals surface area contributed by atoms with E-state index < -0.39 is 0 Å². The molecule has 1 aromatic heterocycles. The predicted octanol–water partition coefficient (Wildman–Crippen LogP) is 0.745. The Bertz CT molecular complexity index is 254. The standard InChI is InChI=1S/C8H13N3OS/c1-6-2-7(12)4-11(3-6)8-9-5-10-13-8/h5-7,12H,2-4H2,1H3. The van der Waals surface area contributed by atoms with Crippen LogP contribution in [0.15, 0.2) is 6.33 Å². The Balaban J connectivity index is 2.07. The maximum Gasteiger partial charge on any atom is 0.205 e. The van der Waals surface area contributed by atoms with E-state index in [0.29, 0.717) is 12.5 Å². The van der Waals surface area contributed by atoms with Gasteiger partial charge < -0.3 is 10.0 Å². The van der Waals surface area contributed by atoms with Crippen LogP contribution in [0.4, 0.5) is 5.13 Å². The topological polar surface area (TPSA) is 49.2 Å². The first-order valence-electron chi connectivity index (χ1n) is 4.45. The second-order valence-electron chi connectivity index (χ2n) is 3.62. The van der Waals surface area contributed by atoms with Gasteiger partial charge in [0.2, 0.25) is 5.13 Å². The van der Waals surface area contributed by atoms with Gasteiger partial charge in [0.15, 0.2) is 0 Å². The van der Waals surface area contributed by atoms with Gasteiger partial charge in [-0.25, -0.2) is 4.98 Å². The fraction of sp³-hybridized carbons (Fsp3) is 0.750. The van der Waals surface area contributed by atoms with Crippen molar-refractivity contribution in [3.8, 4) is 0 Å². The van der Waals surface area contributed by atoms with Crippen molar-refractivity contribution in [2.75, 3.05) is 18.0 Å². The van der Waals surface area contributed by atoms with Gasteiger partial charge in [-0.2, -0.15) is 4.37 Å². The molecule has 5 heteroatoms. The highest BCUT2D eigenvalue weighted by atomic mass is 32.1. The summed E-state index contributed by atoms with van der Waals surface area (Å²) in [4.78, 5) is 6.24. The molecule has 72 valence electrons. The number of rotatable bonds is 1. The van der Waals surface area contributed by atoms with Gasteiger partial charge >= 0.3 is 0 Å². The molecule has 0 spiro atoms. The van der Waals surface area contributed by atoms with Gasteiger partial charge in [-0.3, -0.25) is 0 Å². The normalized spacial score (nSPS) is 29.2. The predicted molar refractivity (Wildman–Crippen MR) is 51.9 cm³/mol. The highest BCUT2D eigenvalue weighted by Crippen LogP contribution is 2.23. The molecule has 2 atom stereocenters. The van der Waals surface area contributed by atoms with Gasteiger partial charge in [0, 0.05) is 24.6 Å². The van der Waals surface area contributed by atoms with E-state index in [1.165, 1.54) is 11.5 Å². The van der Waals surface area contributed by atoms with Crippen molar-refractivity contribution in [2.24, 2.45) is 5.92 Å². The van der Waals surface area contributed by atoms with Crippen molar-refractivity contribution in [3.05, 3.63) is 6.33 Å². The first kappa shape index (κ1) is 8.90. The molecule has 0 radical (unpaired) electrons. The van der Waals surface area contributed by atoms with Gasteiger partial charge in [0.05, 0.1) is 6.10 Å². The zero-order valence-corrected chi connectivity index (χ0v) is 8.37. The number of aliphatic hydroxyl groups excluding tert-OH is 1. The van der Waals surface area contributed by atoms with E-state index in [4.69, 9.17) is 0 Å². The highest BCUT2D eigenvalue weighted by Gasteiger charge is 2.24. The molecule has 0 amide bonds. The molecule has 2 unspecified atom stereocenters. The minimum Gasteiger partial charge on any atom is -0.391 e. The third-order valence-corrected chi connectivity index (χ3v) is 2.98. The number of anilines is 1. The lowest BCUT2D eigenvalue weighted by molar-refractivity contribution is 0.132. The van der Waals surface area contributed by atoms with Crippen LogP contribution in [0.3, 0.4) is 0 Å². The van der Waals surface area contributed by atoms with E-state index in [1.54, 1.807) is 6.33 Å². The second kappa shape index (κ2) is 3.59. The zero-order valence-electron chi connectivity index (χ0n) is 7.55. The summed E-state index contributed by atoms with van der Waals surface area (Å²) in [6, 6.07) is 0.